The summed E-state index contributed by atoms with van der Waals surface area (Å²) in [5, 5.41) is 0. The summed E-state index contributed by atoms with van der Waals surface area (Å²) in [7, 11) is 0. The molecule has 1 aliphatic heterocycles. The van der Waals surface area contributed by atoms with Crippen molar-refractivity contribution >= 4 is 5.91 Å². The van der Waals surface area contributed by atoms with Crippen LogP contribution in [0.3, 0.4) is 0 Å². The van der Waals surface area contributed by atoms with Crippen molar-refractivity contribution in [2.45, 2.75) is 12.8 Å². The molecule has 2 bridgehead atoms. The highest BCUT2D eigenvalue weighted by Gasteiger charge is 2.36. The van der Waals surface area contributed by atoms with Gasteiger partial charge in [-0.15, -0.1) is 0 Å². The Morgan fingerprint density at radius 3 is 2.23 bits per heavy atom. The van der Waals surface area contributed by atoms with E-state index < -0.39 is 0 Å². The highest BCUT2D eigenvalue weighted by Crippen LogP contribution is 2.43. The molecular formula is C26H30N2O3. The van der Waals surface area contributed by atoms with Gasteiger partial charge < -0.3 is 14.4 Å². The molecule has 1 saturated carbocycles. The third kappa shape index (κ3) is 4.93. The van der Waals surface area contributed by atoms with Gasteiger partial charge in [0, 0.05) is 32.7 Å². The Bertz CT molecular complexity index is 904. The molecule has 1 saturated heterocycles. The predicted octanol–water partition coefficient (Wildman–Crippen LogP) is 4.21. The summed E-state index contributed by atoms with van der Waals surface area (Å²) in [5.74, 6) is 4.71. The number of carbonyl (C=O) groups is 1. The van der Waals surface area contributed by atoms with E-state index in [-0.39, 0.29) is 12.5 Å². The fourth-order valence-electron chi connectivity index (χ4n) is 5.08. The lowest BCUT2D eigenvalue weighted by atomic mass is 9.93. The minimum atomic E-state index is 0.0621. The first-order chi connectivity index (χ1) is 15.2. The van der Waals surface area contributed by atoms with Crippen molar-refractivity contribution in [3.63, 3.8) is 0 Å². The maximum absolute atomic E-state index is 12.6. The minimum Gasteiger partial charge on any atom is -0.484 e. The topological polar surface area (TPSA) is 42.0 Å². The molecule has 1 heterocycles. The molecule has 2 aliphatic carbocycles. The van der Waals surface area contributed by atoms with Crippen LogP contribution in [0.25, 0.3) is 0 Å². The van der Waals surface area contributed by atoms with Gasteiger partial charge in [0.05, 0.1) is 0 Å². The van der Waals surface area contributed by atoms with Crippen LogP contribution in [-0.2, 0) is 4.79 Å². The van der Waals surface area contributed by atoms with Crippen LogP contribution in [0.4, 0.5) is 0 Å². The molecule has 5 nitrogen and oxygen atoms in total. The summed E-state index contributed by atoms with van der Waals surface area (Å²) in [5.41, 5.74) is 0. The van der Waals surface area contributed by atoms with E-state index in [1.807, 2.05) is 59.5 Å². The van der Waals surface area contributed by atoms with Gasteiger partial charge in [-0.05, 0) is 67.0 Å². The number of nitrogens with zero attached hydrogens (tertiary/aromatic N) is 2. The van der Waals surface area contributed by atoms with Crippen LogP contribution < -0.4 is 9.47 Å². The highest BCUT2D eigenvalue weighted by atomic mass is 16.5. The van der Waals surface area contributed by atoms with Gasteiger partial charge >= 0.3 is 0 Å². The second-order valence-corrected chi connectivity index (χ2v) is 8.90. The largest absolute Gasteiger partial charge is 0.484 e. The Morgan fingerprint density at radius 1 is 0.839 bits per heavy atom. The van der Waals surface area contributed by atoms with Gasteiger partial charge in [-0.1, -0.05) is 30.4 Å². The molecule has 0 N–H and O–H groups in total. The van der Waals surface area contributed by atoms with Gasteiger partial charge in [-0.2, -0.15) is 0 Å². The summed E-state index contributed by atoms with van der Waals surface area (Å²) in [4.78, 5) is 17.1. The number of fused-ring (bicyclic) bond motifs is 2. The van der Waals surface area contributed by atoms with Gasteiger partial charge in [0.2, 0.25) is 0 Å². The summed E-state index contributed by atoms with van der Waals surface area (Å²) < 4.78 is 11.5. The molecule has 2 aromatic carbocycles. The minimum absolute atomic E-state index is 0.0621. The quantitative estimate of drug-likeness (QED) is 0.632. The Labute approximate surface area is 184 Å². The van der Waals surface area contributed by atoms with Crippen LogP contribution in [-0.4, -0.2) is 55.0 Å². The number of para-hydroxylation sites is 1. The molecule has 0 aromatic heterocycles. The molecule has 2 fully saturated rings. The van der Waals surface area contributed by atoms with Crippen molar-refractivity contribution in [3.05, 3.63) is 66.7 Å². The SMILES string of the molecule is O=C(COc1ccc(Oc2ccccc2)cc1)N1CCN(CC2CC3C=CC2C3)CC1. The zero-order valence-corrected chi connectivity index (χ0v) is 17.9. The molecule has 1 amide bonds. The average molecular weight is 419 g/mol. The van der Waals surface area contributed by atoms with Crippen LogP contribution in [0.1, 0.15) is 12.8 Å². The Balaban J connectivity index is 1.04. The molecule has 31 heavy (non-hydrogen) atoms. The van der Waals surface area contributed by atoms with E-state index in [4.69, 9.17) is 9.47 Å². The lowest BCUT2D eigenvalue weighted by molar-refractivity contribution is -0.135. The Hall–Kier alpha value is -2.79. The van der Waals surface area contributed by atoms with E-state index >= 15 is 0 Å². The van der Waals surface area contributed by atoms with Gasteiger partial charge in [-0.25, -0.2) is 0 Å². The monoisotopic (exact) mass is 418 g/mol. The van der Waals surface area contributed by atoms with Crippen molar-refractivity contribution in [2.75, 3.05) is 39.3 Å². The molecule has 5 rings (SSSR count). The molecule has 3 aliphatic rings. The Morgan fingerprint density at radius 2 is 1.55 bits per heavy atom. The van der Waals surface area contributed by atoms with E-state index in [0.717, 1.165) is 55.4 Å². The fraction of sp³-hybridized carbons (Fsp3) is 0.423. The van der Waals surface area contributed by atoms with Crippen LogP contribution in [0.15, 0.2) is 66.7 Å². The number of hydrogen-bond acceptors (Lipinski definition) is 4. The van der Waals surface area contributed by atoms with Gasteiger partial charge in [-0.3, -0.25) is 9.69 Å². The number of piperazine rings is 1. The van der Waals surface area contributed by atoms with Gasteiger partial charge in [0.25, 0.3) is 5.91 Å². The predicted molar refractivity (Wildman–Crippen MR) is 120 cm³/mol. The first-order valence-electron chi connectivity index (χ1n) is 11.4. The summed E-state index contributed by atoms with van der Waals surface area (Å²) in [6, 6.07) is 17.1. The maximum Gasteiger partial charge on any atom is 0.260 e. The number of ether oxygens (including phenoxy) is 2. The van der Waals surface area contributed by atoms with E-state index in [2.05, 4.69) is 17.1 Å². The van der Waals surface area contributed by atoms with Gasteiger partial charge in [0.1, 0.15) is 17.2 Å². The molecule has 0 radical (unpaired) electrons. The van der Waals surface area contributed by atoms with Crippen molar-refractivity contribution in [3.8, 4) is 17.2 Å². The first-order valence-corrected chi connectivity index (χ1v) is 11.4. The zero-order chi connectivity index (χ0) is 21.0. The summed E-state index contributed by atoms with van der Waals surface area (Å²) in [6.45, 7) is 4.78. The third-order valence-corrected chi connectivity index (χ3v) is 6.80. The number of carbonyl (C=O) groups excluding carboxylic acids is 1. The van der Waals surface area contributed by atoms with E-state index in [1.54, 1.807) is 0 Å². The summed E-state index contributed by atoms with van der Waals surface area (Å²) in [6.07, 6.45) is 7.54. The van der Waals surface area contributed by atoms with Crippen molar-refractivity contribution in [1.29, 1.82) is 0 Å². The lowest BCUT2D eigenvalue weighted by Crippen LogP contribution is -2.51. The highest BCUT2D eigenvalue weighted by molar-refractivity contribution is 5.77. The van der Waals surface area contributed by atoms with Crippen molar-refractivity contribution < 1.29 is 14.3 Å². The standard InChI is InChI=1S/C26H30N2O3/c29-26(19-30-23-8-10-25(11-9-23)31-24-4-2-1-3-5-24)28-14-12-27(13-15-28)18-22-17-20-6-7-21(22)16-20/h1-11,20-22H,12-19H2. The number of rotatable bonds is 7. The summed E-state index contributed by atoms with van der Waals surface area (Å²) >= 11 is 0. The normalized spacial score (nSPS) is 25.0. The lowest BCUT2D eigenvalue weighted by Gasteiger charge is -2.36. The van der Waals surface area contributed by atoms with Crippen LogP contribution in [0.2, 0.25) is 0 Å². The van der Waals surface area contributed by atoms with Crippen LogP contribution in [0, 0.1) is 17.8 Å². The number of amides is 1. The Kier molecular flexibility index (Phi) is 5.94. The second kappa shape index (κ2) is 9.15. The number of allylic oxidation sites excluding steroid dienone is 2. The van der Waals surface area contributed by atoms with Crippen LogP contribution in [0.5, 0.6) is 17.2 Å². The van der Waals surface area contributed by atoms with E-state index in [0.29, 0.717) is 5.75 Å². The van der Waals surface area contributed by atoms with E-state index in [1.165, 1.54) is 19.4 Å². The van der Waals surface area contributed by atoms with Crippen molar-refractivity contribution in [2.24, 2.45) is 17.8 Å². The second-order valence-electron chi connectivity index (χ2n) is 8.90. The van der Waals surface area contributed by atoms with Gasteiger partial charge in [0.15, 0.2) is 6.61 Å². The molecule has 2 aromatic rings. The zero-order valence-electron chi connectivity index (χ0n) is 17.9. The number of benzene rings is 2. The van der Waals surface area contributed by atoms with Crippen LogP contribution >= 0.6 is 0 Å². The molecule has 3 unspecified atom stereocenters. The smallest absolute Gasteiger partial charge is 0.260 e. The maximum atomic E-state index is 12.6. The molecule has 5 heteroatoms. The third-order valence-electron chi connectivity index (χ3n) is 6.80. The number of hydrogen-bond donors (Lipinski definition) is 0. The first kappa shape index (κ1) is 20.1. The van der Waals surface area contributed by atoms with E-state index in [9.17, 15) is 4.79 Å². The average Bonchev–Trinajstić information content (AvgIpc) is 3.43. The molecule has 0 spiro atoms. The molecule has 3 atom stereocenters. The van der Waals surface area contributed by atoms with Crippen molar-refractivity contribution in [1.82, 2.24) is 9.80 Å². The molecular weight excluding hydrogens is 388 g/mol. The molecule has 162 valence electrons. The fourth-order valence-corrected chi connectivity index (χ4v) is 5.08.